The summed E-state index contributed by atoms with van der Waals surface area (Å²) in [5, 5.41) is 13.4. The molecule has 18 heteroatoms. The summed E-state index contributed by atoms with van der Waals surface area (Å²) in [6.45, 7) is 1.02. The highest BCUT2D eigenvalue weighted by molar-refractivity contribution is 5.77. The Morgan fingerprint density at radius 1 is 1.00 bits per heavy atom. The van der Waals surface area contributed by atoms with Gasteiger partial charge in [-0.2, -0.15) is 58.1 Å². The zero-order chi connectivity index (χ0) is 23.4. The van der Waals surface area contributed by atoms with Crippen molar-refractivity contribution < 1.29 is 62.7 Å². The van der Waals surface area contributed by atoms with Crippen LogP contribution >= 0.6 is 0 Å². The maximum Gasteiger partial charge on any atom is 0.462 e. The molecule has 1 aromatic rings. The maximum atomic E-state index is 14.5. The van der Waals surface area contributed by atoms with Crippen molar-refractivity contribution in [3.05, 3.63) is 21.5 Å². The van der Waals surface area contributed by atoms with Gasteiger partial charge in [0.2, 0.25) is 11.6 Å². The van der Waals surface area contributed by atoms with Crippen LogP contribution in [0.5, 0.6) is 0 Å². The van der Waals surface area contributed by atoms with Gasteiger partial charge in [0.05, 0.1) is 4.92 Å². The Balaban J connectivity index is 3.84. The molecule has 0 aliphatic heterocycles. The number of alkyl halides is 11. The van der Waals surface area contributed by atoms with E-state index in [1.807, 2.05) is 0 Å². The molecule has 0 fully saturated rings. The van der Waals surface area contributed by atoms with Crippen molar-refractivity contribution >= 4 is 11.6 Å². The molecule has 1 unspecified atom stereocenters. The van der Waals surface area contributed by atoms with Gasteiger partial charge in [0.15, 0.2) is 0 Å². The third kappa shape index (κ3) is 3.84. The van der Waals surface area contributed by atoms with Crippen LogP contribution in [0.4, 0.5) is 54.0 Å². The number of hydrogen-bond donors (Lipinski definition) is 0. The third-order valence-corrected chi connectivity index (χ3v) is 3.23. The first-order chi connectivity index (χ1) is 12.6. The molecule has 0 spiro atoms. The summed E-state index contributed by atoms with van der Waals surface area (Å²) < 4.78 is 144. The minimum absolute atomic E-state index is 0.295. The highest BCUT2D eigenvalue weighted by atomic mass is 19.4. The van der Waals surface area contributed by atoms with Crippen molar-refractivity contribution in [1.82, 2.24) is 9.78 Å². The van der Waals surface area contributed by atoms with Gasteiger partial charge in [0.1, 0.15) is 5.69 Å². The highest BCUT2D eigenvalue weighted by Gasteiger charge is 2.79. The van der Waals surface area contributed by atoms with Crippen molar-refractivity contribution in [2.45, 2.75) is 44.1 Å². The fourth-order valence-corrected chi connectivity index (χ4v) is 1.88. The number of hydrogen-bond acceptors (Lipinski definition) is 5. The topological polar surface area (TPSA) is 87.3 Å². The second kappa shape index (κ2) is 6.77. The van der Waals surface area contributed by atoms with E-state index in [1.165, 1.54) is 0 Å². The number of halogens is 11. The molecule has 0 saturated heterocycles. The summed E-state index contributed by atoms with van der Waals surface area (Å²) in [5.74, 6) is -15.1. The van der Waals surface area contributed by atoms with E-state index in [0.29, 0.717) is 13.8 Å². The molecule has 166 valence electrons. The van der Waals surface area contributed by atoms with E-state index in [1.54, 1.807) is 0 Å². The molecular formula is C11H6F11N3O4. The zero-order valence-electron chi connectivity index (χ0n) is 13.6. The van der Waals surface area contributed by atoms with Crippen LogP contribution in [-0.2, 0) is 10.6 Å². The fraction of sp³-hybridized carbons (Fsp3) is 0.636. The predicted octanol–water partition coefficient (Wildman–Crippen LogP) is 4.25. The monoisotopic (exact) mass is 453 g/mol. The molecule has 0 aromatic carbocycles. The van der Waals surface area contributed by atoms with E-state index in [4.69, 9.17) is 0 Å². The minimum Gasteiger partial charge on any atom is -0.273 e. The molecular weight excluding hydrogens is 447 g/mol. The largest absolute Gasteiger partial charge is 0.462 e. The summed E-state index contributed by atoms with van der Waals surface area (Å²) in [6.07, 6.45) is -21.3. The van der Waals surface area contributed by atoms with Crippen molar-refractivity contribution in [3.8, 4) is 0 Å². The molecule has 29 heavy (non-hydrogen) atoms. The molecule has 0 aliphatic rings. The average molecular weight is 453 g/mol. The van der Waals surface area contributed by atoms with Gasteiger partial charge in [-0.15, -0.1) is 0 Å². The normalized spacial score (nSPS) is 15.9. The van der Waals surface area contributed by atoms with Crippen molar-refractivity contribution in [2.24, 2.45) is 0 Å². The lowest BCUT2D eigenvalue weighted by atomic mass is 10.1. The van der Waals surface area contributed by atoms with Gasteiger partial charge in [0, 0.05) is 6.92 Å². The van der Waals surface area contributed by atoms with Crippen molar-refractivity contribution in [1.29, 1.82) is 0 Å². The highest BCUT2D eigenvalue weighted by Crippen LogP contribution is 2.55. The Kier molecular flexibility index (Phi) is 5.72. The number of carbonyl (C=O) groups is 1. The Hall–Kier alpha value is -2.53. The molecule has 0 N–H and O–H groups in total. The number of aromatic nitrogens is 2. The van der Waals surface area contributed by atoms with Crippen molar-refractivity contribution in [3.63, 3.8) is 0 Å². The zero-order valence-corrected chi connectivity index (χ0v) is 13.6. The van der Waals surface area contributed by atoms with Gasteiger partial charge in [-0.25, -0.2) is 0 Å². The number of ether oxygens (including phenoxy) is 1. The molecule has 7 nitrogen and oxygen atoms in total. The molecule has 0 amide bonds. The Morgan fingerprint density at radius 2 is 1.45 bits per heavy atom. The van der Waals surface area contributed by atoms with Gasteiger partial charge < -0.3 is 0 Å². The quantitative estimate of drug-likeness (QED) is 0.378. The fourth-order valence-electron chi connectivity index (χ4n) is 1.88. The average Bonchev–Trinajstić information content (AvgIpc) is 2.82. The standard InChI is InChI=1S/C11H6F11N3O4/c1-3-5(25(27)28)6(23-24(3)4(2)26)7(12,9(15,16)17)29-11(21,22)8(13,14)10(18,19)20/h1-2H3. The first-order valence-electron chi connectivity index (χ1n) is 6.65. The van der Waals surface area contributed by atoms with Crippen LogP contribution in [0, 0.1) is 17.0 Å². The SMILES string of the molecule is CC(=O)n1nc(C(F)(OC(F)(F)C(F)(F)C(F)(F)F)C(F)(F)F)c([N+](=O)[O-])c1C. The molecule has 0 radical (unpaired) electrons. The second-order valence-corrected chi connectivity index (χ2v) is 5.25. The van der Waals surface area contributed by atoms with Crippen molar-refractivity contribution in [2.75, 3.05) is 0 Å². The lowest BCUT2D eigenvalue weighted by Gasteiger charge is -2.33. The Bertz CT molecular complexity index is 829. The first-order valence-corrected chi connectivity index (χ1v) is 6.65. The summed E-state index contributed by atoms with van der Waals surface area (Å²) in [7, 11) is 0. The lowest BCUT2D eigenvalue weighted by molar-refractivity contribution is -0.490. The first kappa shape index (κ1) is 24.5. The molecule has 0 aliphatic carbocycles. The maximum absolute atomic E-state index is 14.5. The Labute approximate surface area is 151 Å². The van der Waals surface area contributed by atoms with E-state index in [-0.39, 0.29) is 4.68 Å². The molecule has 1 rings (SSSR count). The van der Waals surface area contributed by atoms with Crippen LogP contribution in [0.1, 0.15) is 23.1 Å². The van der Waals surface area contributed by atoms with E-state index < -0.39 is 58.1 Å². The predicted molar refractivity (Wildman–Crippen MR) is 65.8 cm³/mol. The van der Waals surface area contributed by atoms with Crippen LogP contribution < -0.4 is 0 Å². The van der Waals surface area contributed by atoms with E-state index in [0.717, 1.165) is 0 Å². The van der Waals surface area contributed by atoms with Gasteiger partial charge in [-0.3, -0.25) is 19.6 Å². The smallest absolute Gasteiger partial charge is 0.273 e. The van der Waals surface area contributed by atoms with Crippen LogP contribution in [0.15, 0.2) is 0 Å². The van der Waals surface area contributed by atoms with Gasteiger partial charge >= 0.3 is 35.9 Å². The van der Waals surface area contributed by atoms with E-state index in [2.05, 4.69) is 9.84 Å². The van der Waals surface area contributed by atoms with Gasteiger partial charge in [-0.1, -0.05) is 0 Å². The Morgan fingerprint density at radius 3 is 1.76 bits per heavy atom. The summed E-state index contributed by atoms with van der Waals surface area (Å²) in [6, 6.07) is 0. The van der Waals surface area contributed by atoms with Gasteiger partial charge in [0.25, 0.3) is 0 Å². The molecule has 1 atom stereocenters. The number of nitrogens with zero attached hydrogens (tertiary/aromatic N) is 3. The molecule has 0 bridgehead atoms. The summed E-state index contributed by atoms with van der Waals surface area (Å²) in [5.41, 5.74) is -6.09. The molecule has 1 aromatic heterocycles. The summed E-state index contributed by atoms with van der Waals surface area (Å²) in [4.78, 5) is 20.3. The van der Waals surface area contributed by atoms with Crippen LogP contribution in [0.3, 0.4) is 0 Å². The summed E-state index contributed by atoms with van der Waals surface area (Å²) >= 11 is 0. The lowest BCUT2D eigenvalue weighted by Crippen LogP contribution is -2.58. The van der Waals surface area contributed by atoms with Crippen LogP contribution in [0.2, 0.25) is 0 Å². The third-order valence-electron chi connectivity index (χ3n) is 3.23. The van der Waals surface area contributed by atoms with Crippen LogP contribution in [-0.4, -0.2) is 45.0 Å². The van der Waals surface area contributed by atoms with Gasteiger partial charge in [-0.05, 0) is 6.92 Å². The van der Waals surface area contributed by atoms with E-state index in [9.17, 15) is 63.2 Å². The number of carbonyl (C=O) groups excluding carboxylic acids is 1. The van der Waals surface area contributed by atoms with Crippen LogP contribution in [0.25, 0.3) is 0 Å². The second-order valence-electron chi connectivity index (χ2n) is 5.25. The number of rotatable bonds is 5. The molecule has 0 saturated carbocycles. The molecule has 1 heterocycles. The number of nitro groups is 1. The van der Waals surface area contributed by atoms with E-state index >= 15 is 0 Å². The minimum atomic E-state index is -7.35.